The largest absolute Gasteiger partial charge is 0.323 e. The quantitative estimate of drug-likeness (QED) is 0.719. The SMILES string of the molecule is C[C@H](NS(=O)(=O)c1ccc(Br)cc1)C(=O)Nc1ccc(Cl)cc1Cl. The second-order valence-electron chi connectivity index (χ2n) is 4.91. The van der Waals surface area contributed by atoms with Crippen LogP contribution >= 0.6 is 39.1 Å². The van der Waals surface area contributed by atoms with Gasteiger partial charge in [0.2, 0.25) is 15.9 Å². The fourth-order valence-corrected chi connectivity index (χ4v) is 3.72. The Hall–Kier alpha value is -1.12. The van der Waals surface area contributed by atoms with E-state index in [9.17, 15) is 13.2 Å². The van der Waals surface area contributed by atoms with Gasteiger partial charge in [0.25, 0.3) is 0 Å². The van der Waals surface area contributed by atoms with Gasteiger partial charge in [-0.1, -0.05) is 39.1 Å². The van der Waals surface area contributed by atoms with Crippen molar-refractivity contribution in [3.05, 3.63) is 57.0 Å². The summed E-state index contributed by atoms with van der Waals surface area (Å²) in [4.78, 5) is 12.2. The number of nitrogens with one attached hydrogen (secondary N) is 2. The van der Waals surface area contributed by atoms with Crippen molar-refractivity contribution >= 4 is 60.7 Å². The lowest BCUT2D eigenvalue weighted by molar-refractivity contribution is -0.117. The number of benzene rings is 2. The third kappa shape index (κ3) is 4.94. The molecule has 0 unspecified atom stereocenters. The van der Waals surface area contributed by atoms with E-state index in [2.05, 4.69) is 26.0 Å². The van der Waals surface area contributed by atoms with Gasteiger partial charge in [-0.3, -0.25) is 4.79 Å². The molecule has 2 rings (SSSR count). The number of hydrogen-bond donors (Lipinski definition) is 2. The molecule has 2 N–H and O–H groups in total. The van der Waals surface area contributed by atoms with Crippen molar-refractivity contribution in [1.29, 1.82) is 0 Å². The molecule has 0 aromatic heterocycles. The van der Waals surface area contributed by atoms with Gasteiger partial charge < -0.3 is 5.32 Å². The van der Waals surface area contributed by atoms with Gasteiger partial charge in [0.15, 0.2) is 0 Å². The molecular weight excluding hydrogens is 439 g/mol. The number of halogens is 3. The Labute approximate surface area is 158 Å². The molecule has 2 aromatic rings. The molecule has 1 amide bonds. The molecule has 24 heavy (non-hydrogen) atoms. The summed E-state index contributed by atoms with van der Waals surface area (Å²) in [6.45, 7) is 1.44. The summed E-state index contributed by atoms with van der Waals surface area (Å²) in [5, 5.41) is 3.25. The van der Waals surface area contributed by atoms with Crippen LogP contribution in [0.15, 0.2) is 51.8 Å². The summed E-state index contributed by atoms with van der Waals surface area (Å²) in [6.07, 6.45) is 0. The highest BCUT2D eigenvalue weighted by molar-refractivity contribution is 9.10. The molecule has 0 saturated heterocycles. The van der Waals surface area contributed by atoms with Crippen LogP contribution in [0.3, 0.4) is 0 Å². The smallest absolute Gasteiger partial charge is 0.242 e. The minimum Gasteiger partial charge on any atom is -0.323 e. The molecule has 0 fully saturated rings. The van der Waals surface area contributed by atoms with Crippen molar-refractivity contribution in [2.75, 3.05) is 5.32 Å². The minimum atomic E-state index is -3.82. The van der Waals surface area contributed by atoms with Crippen LogP contribution in [-0.2, 0) is 14.8 Å². The summed E-state index contributed by atoms with van der Waals surface area (Å²) in [7, 11) is -3.82. The van der Waals surface area contributed by atoms with E-state index in [4.69, 9.17) is 23.2 Å². The first kappa shape index (κ1) is 19.2. The van der Waals surface area contributed by atoms with Crippen LogP contribution in [0.2, 0.25) is 10.0 Å². The second kappa shape index (κ2) is 7.84. The van der Waals surface area contributed by atoms with E-state index < -0.39 is 22.0 Å². The van der Waals surface area contributed by atoms with Crippen molar-refractivity contribution in [1.82, 2.24) is 4.72 Å². The lowest BCUT2D eigenvalue weighted by Crippen LogP contribution is -2.41. The molecule has 0 aliphatic carbocycles. The minimum absolute atomic E-state index is 0.0647. The van der Waals surface area contributed by atoms with E-state index in [1.165, 1.54) is 25.1 Å². The van der Waals surface area contributed by atoms with E-state index in [1.54, 1.807) is 24.3 Å². The number of carbonyl (C=O) groups is 1. The molecule has 1 atom stereocenters. The number of rotatable bonds is 5. The van der Waals surface area contributed by atoms with Gasteiger partial charge in [0.1, 0.15) is 0 Å². The van der Waals surface area contributed by atoms with E-state index in [0.29, 0.717) is 10.7 Å². The topological polar surface area (TPSA) is 75.3 Å². The Morgan fingerprint density at radius 3 is 2.33 bits per heavy atom. The number of anilines is 1. The summed E-state index contributed by atoms with van der Waals surface area (Å²) in [6, 6.07) is 9.68. The first-order valence-electron chi connectivity index (χ1n) is 6.73. The molecule has 0 bridgehead atoms. The number of hydrogen-bond acceptors (Lipinski definition) is 3. The van der Waals surface area contributed by atoms with Crippen molar-refractivity contribution in [2.45, 2.75) is 17.9 Å². The Balaban J connectivity index is 2.09. The van der Waals surface area contributed by atoms with Crippen LogP contribution in [0, 0.1) is 0 Å². The molecule has 128 valence electrons. The molecule has 0 heterocycles. The van der Waals surface area contributed by atoms with Crippen molar-refractivity contribution in [2.24, 2.45) is 0 Å². The third-order valence-electron chi connectivity index (χ3n) is 3.04. The fourth-order valence-electron chi connectivity index (χ4n) is 1.80. The monoisotopic (exact) mass is 450 g/mol. The van der Waals surface area contributed by atoms with Crippen LogP contribution in [0.4, 0.5) is 5.69 Å². The van der Waals surface area contributed by atoms with E-state index >= 15 is 0 Å². The van der Waals surface area contributed by atoms with Crippen LogP contribution in [-0.4, -0.2) is 20.4 Å². The normalized spacial score (nSPS) is 12.7. The molecule has 0 aliphatic rings. The number of sulfonamides is 1. The van der Waals surface area contributed by atoms with Crippen LogP contribution in [0.1, 0.15) is 6.92 Å². The van der Waals surface area contributed by atoms with Gasteiger partial charge in [0.05, 0.1) is 21.6 Å². The maximum atomic E-state index is 12.3. The fraction of sp³-hybridized carbons (Fsp3) is 0.133. The van der Waals surface area contributed by atoms with Crippen LogP contribution in [0.5, 0.6) is 0 Å². The average molecular weight is 452 g/mol. The first-order chi connectivity index (χ1) is 11.2. The summed E-state index contributed by atoms with van der Waals surface area (Å²) in [5.41, 5.74) is 0.348. The van der Waals surface area contributed by atoms with Crippen molar-refractivity contribution in [3.63, 3.8) is 0 Å². The van der Waals surface area contributed by atoms with Crippen molar-refractivity contribution < 1.29 is 13.2 Å². The summed E-state index contributed by atoms with van der Waals surface area (Å²) < 4.78 is 27.6. The van der Waals surface area contributed by atoms with E-state index in [-0.39, 0.29) is 9.92 Å². The zero-order valence-corrected chi connectivity index (χ0v) is 16.3. The van der Waals surface area contributed by atoms with Crippen LogP contribution < -0.4 is 10.0 Å². The van der Waals surface area contributed by atoms with E-state index in [1.807, 2.05) is 0 Å². The van der Waals surface area contributed by atoms with Gasteiger partial charge in [-0.2, -0.15) is 4.72 Å². The zero-order valence-electron chi connectivity index (χ0n) is 12.4. The summed E-state index contributed by atoms with van der Waals surface area (Å²) >= 11 is 15.0. The average Bonchev–Trinajstić information content (AvgIpc) is 2.50. The van der Waals surface area contributed by atoms with Gasteiger partial charge in [-0.05, 0) is 49.4 Å². The third-order valence-corrected chi connectivity index (χ3v) is 5.67. The van der Waals surface area contributed by atoms with Gasteiger partial charge in [-0.15, -0.1) is 0 Å². The van der Waals surface area contributed by atoms with E-state index in [0.717, 1.165) is 4.47 Å². The molecular formula is C15H13BrCl2N2O3S. The Morgan fingerprint density at radius 2 is 1.75 bits per heavy atom. The van der Waals surface area contributed by atoms with Crippen molar-refractivity contribution in [3.8, 4) is 0 Å². The van der Waals surface area contributed by atoms with Gasteiger partial charge >= 0.3 is 0 Å². The lowest BCUT2D eigenvalue weighted by atomic mass is 10.3. The Bertz CT molecular complexity index is 858. The maximum absolute atomic E-state index is 12.3. The lowest BCUT2D eigenvalue weighted by Gasteiger charge is -2.15. The molecule has 5 nitrogen and oxygen atoms in total. The zero-order chi connectivity index (χ0) is 17.9. The molecule has 2 aromatic carbocycles. The Morgan fingerprint density at radius 1 is 1.12 bits per heavy atom. The standard InChI is InChI=1S/C15H13BrCl2N2O3S/c1-9(15(21)19-14-7-4-11(17)8-13(14)18)20-24(22,23)12-5-2-10(16)3-6-12/h2-9,20H,1H3,(H,19,21)/t9-/m0/s1. The molecule has 9 heteroatoms. The summed E-state index contributed by atoms with van der Waals surface area (Å²) in [5.74, 6) is -0.542. The predicted octanol–water partition coefficient (Wildman–Crippen LogP) is 4.06. The highest BCUT2D eigenvalue weighted by Crippen LogP contribution is 2.25. The number of carbonyl (C=O) groups excluding carboxylic acids is 1. The second-order valence-corrected chi connectivity index (χ2v) is 8.38. The van der Waals surface area contributed by atoms with Gasteiger partial charge in [-0.25, -0.2) is 8.42 Å². The predicted molar refractivity (Wildman–Crippen MR) is 99.0 cm³/mol. The first-order valence-corrected chi connectivity index (χ1v) is 9.76. The molecule has 0 aliphatic heterocycles. The molecule has 0 saturated carbocycles. The van der Waals surface area contributed by atoms with Gasteiger partial charge in [0, 0.05) is 9.50 Å². The highest BCUT2D eigenvalue weighted by atomic mass is 79.9. The highest BCUT2D eigenvalue weighted by Gasteiger charge is 2.22. The maximum Gasteiger partial charge on any atom is 0.242 e. The molecule has 0 radical (unpaired) electrons. The number of amides is 1. The van der Waals surface area contributed by atoms with Crippen LogP contribution in [0.25, 0.3) is 0 Å². The molecule has 0 spiro atoms. The Kier molecular flexibility index (Phi) is 6.28.